The Morgan fingerprint density at radius 2 is 2.00 bits per heavy atom. The van der Waals surface area contributed by atoms with E-state index in [4.69, 9.17) is 9.47 Å². The van der Waals surface area contributed by atoms with Crippen LogP contribution in [0.4, 0.5) is 0 Å². The number of aryl methyl sites for hydroxylation is 1. The molecule has 0 aliphatic rings. The summed E-state index contributed by atoms with van der Waals surface area (Å²) in [5.41, 5.74) is 0.798. The van der Waals surface area contributed by atoms with Gasteiger partial charge in [-0.2, -0.15) is 0 Å². The van der Waals surface area contributed by atoms with E-state index in [2.05, 4.69) is 9.97 Å². The number of amides is 1. The Balaban J connectivity index is 2.22. The molecule has 2 rings (SSSR count). The van der Waals surface area contributed by atoms with Crippen LogP contribution in [0.1, 0.15) is 35.5 Å². The van der Waals surface area contributed by atoms with Crippen LogP contribution in [0.15, 0.2) is 6.33 Å². The van der Waals surface area contributed by atoms with Crippen LogP contribution in [0.5, 0.6) is 5.88 Å². The highest BCUT2D eigenvalue weighted by Crippen LogP contribution is 2.34. The van der Waals surface area contributed by atoms with Crippen molar-refractivity contribution in [2.24, 2.45) is 0 Å². The van der Waals surface area contributed by atoms with Gasteiger partial charge in [0.05, 0.1) is 29.9 Å². The molecular weight excluding hydrogens is 330 g/mol. The molecule has 0 radical (unpaired) electrons. The maximum absolute atomic E-state index is 12.7. The summed E-state index contributed by atoms with van der Waals surface area (Å²) >= 11 is 1.31. The highest BCUT2D eigenvalue weighted by molar-refractivity contribution is 7.20. The average molecular weight is 351 g/mol. The minimum atomic E-state index is -0.310. The number of aromatic nitrogens is 2. The van der Waals surface area contributed by atoms with Gasteiger partial charge in [0.2, 0.25) is 5.88 Å². The highest BCUT2D eigenvalue weighted by Gasteiger charge is 2.22. The SMILES string of the molecule is CCOC(=O)CCN(C)C(=O)c1sc2ncnc(OCC)c2c1C. The van der Waals surface area contributed by atoms with Crippen LogP contribution < -0.4 is 4.74 Å². The van der Waals surface area contributed by atoms with Gasteiger partial charge in [0.15, 0.2) is 0 Å². The zero-order valence-electron chi connectivity index (χ0n) is 14.3. The maximum atomic E-state index is 12.7. The lowest BCUT2D eigenvalue weighted by Gasteiger charge is -2.16. The van der Waals surface area contributed by atoms with Crippen LogP contribution >= 0.6 is 11.3 Å². The molecule has 0 saturated carbocycles. The van der Waals surface area contributed by atoms with Gasteiger partial charge in [0.25, 0.3) is 5.91 Å². The fourth-order valence-corrected chi connectivity index (χ4v) is 3.39. The van der Waals surface area contributed by atoms with E-state index in [-0.39, 0.29) is 18.3 Å². The first kappa shape index (κ1) is 18.1. The van der Waals surface area contributed by atoms with E-state index in [1.165, 1.54) is 22.6 Å². The average Bonchev–Trinajstić information content (AvgIpc) is 2.90. The van der Waals surface area contributed by atoms with Gasteiger partial charge in [0.1, 0.15) is 11.2 Å². The maximum Gasteiger partial charge on any atom is 0.307 e. The van der Waals surface area contributed by atoms with Gasteiger partial charge >= 0.3 is 5.97 Å². The molecule has 1 amide bonds. The first-order valence-electron chi connectivity index (χ1n) is 7.77. The predicted octanol–water partition coefficient (Wildman–Crippen LogP) is 2.42. The Kier molecular flexibility index (Phi) is 6.08. The van der Waals surface area contributed by atoms with Crippen LogP contribution in [0.2, 0.25) is 0 Å². The Labute approximate surface area is 144 Å². The third-order valence-corrected chi connectivity index (χ3v) is 4.66. The van der Waals surface area contributed by atoms with Crippen molar-refractivity contribution in [2.75, 3.05) is 26.8 Å². The number of hydrogen-bond donors (Lipinski definition) is 0. The van der Waals surface area contributed by atoms with Crippen LogP contribution in [-0.2, 0) is 9.53 Å². The van der Waals surface area contributed by atoms with E-state index in [1.54, 1.807) is 14.0 Å². The first-order valence-corrected chi connectivity index (χ1v) is 8.59. The zero-order chi connectivity index (χ0) is 17.7. The Hall–Kier alpha value is -2.22. The fraction of sp³-hybridized carbons (Fsp3) is 0.500. The van der Waals surface area contributed by atoms with Crippen molar-refractivity contribution in [1.29, 1.82) is 0 Å². The summed E-state index contributed by atoms with van der Waals surface area (Å²) in [4.78, 5) is 35.3. The van der Waals surface area contributed by atoms with E-state index >= 15 is 0 Å². The van der Waals surface area contributed by atoms with Crippen molar-refractivity contribution in [3.05, 3.63) is 16.8 Å². The minimum Gasteiger partial charge on any atom is -0.477 e. The van der Waals surface area contributed by atoms with Crippen LogP contribution in [0.3, 0.4) is 0 Å². The Morgan fingerprint density at radius 1 is 1.25 bits per heavy atom. The van der Waals surface area contributed by atoms with Gasteiger partial charge in [-0.05, 0) is 26.3 Å². The molecule has 0 N–H and O–H groups in total. The molecule has 2 aromatic heterocycles. The second-order valence-corrected chi connectivity index (χ2v) is 6.13. The van der Waals surface area contributed by atoms with Crippen LogP contribution in [0, 0.1) is 6.92 Å². The molecule has 0 aliphatic carbocycles. The van der Waals surface area contributed by atoms with Crippen molar-refractivity contribution in [1.82, 2.24) is 14.9 Å². The molecule has 130 valence electrons. The summed E-state index contributed by atoms with van der Waals surface area (Å²) in [5, 5.41) is 0.770. The van der Waals surface area contributed by atoms with Gasteiger partial charge in [-0.3, -0.25) is 9.59 Å². The number of hydrogen-bond acceptors (Lipinski definition) is 7. The number of thiophene rings is 1. The van der Waals surface area contributed by atoms with E-state index < -0.39 is 0 Å². The second kappa shape index (κ2) is 8.05. The number of fused-ring (bicyclic) bond motifs is 1. The topological polar surface area (TPSA) is 81.6 Å². The molecule has 8 heteroatoms. The molecule has 2 heterocycles. The van der Waals surface area contributed by atoms with E-state index in [0.717, 1.165) is 10.9 Å². The molecule has 0 aliphatic heterocycles. The van der Waals surface area contributed by atoms with Gasteiger partial charge in [-0.1, -0.05) is 0 Å². The summed E-state index contributed by atoms with van der Waals surface area (Å²) < 4.78 is 10.4. The minimum absolute atomic E-state index is 0.151. The third-order valence-electron chi connectivity index (χ3n) is 3.47. The molecule has 24 heavy (non-hydrogen) atoms. The molecule has 0 saturated heterocycles. The normalized spacial score (nSPS) is 10.7. The molecule has 0 atom stereocenters. The Morgan fingerprint density at radius 3 is 2.67 bits per heavy atom. The monoisotopic (exact) mass is 351 g/mol. The lowest BCUT2D eigenvalue weighted by molar-refractivity contribution is -0.143. The molecule has 0 fully saturated rings. The third kappa shape index (κ3) is 3.81. The lowest BCUT2D eigenvalue weighted by atomic mass is 10.2. The van der Waals surface area contributed by atoms with Gasteiger partial charge < -0.3 is 14.4 Å². The summed E-state index contributed by atoms with van der Waals surface area (Å²) in [5.74, 6) is 0.0291. The molecule has 0 bridgehead atoms. The van der Waals surface area contributed by atoms with Crippen molar-refractivity contribution in [2.45, 2.75) is 27.2 Å². The first-order chi connectivity index (χ1) is 11.5. The van der Waals surface area contributed by atoms with Crippen molar-refractivity contribution < 1.29 is 19.1 Å². The number of carbonyl (C=O) groups is 2. The number of esters is 1. The van der Waals surface area contributed by atoms with Gasteiger partial charge in [-0.25, -0.2) is 9.97 Å². The summed E-state index contributed by atoms with van der Waals surface area (Å²) in [6.45, 7) is 6.62. The quantitative estimate of drug-likeness (QED) is 0.713. The number of ether oxygens (including phenoxy) is 2. The fourth-order valence-electron chi connectivity index (χ4n) is 2.26. The largest absolute Gasteiger partial charge is 0.477 e. The number of nitrogens with zero attached hydrogens (tertiary/aromatic N) is 3. The standard InChI is InChI=1S/C16H21N3O4S/c1-5-22-11(20)7-8-19(4)16(21)13-10(3)12-14(23-6-2)17-9-18-15(12)24-13/h9H,5-8H2,1-4H3. The van der Waals surface area contributed by atoms with E-state index in [0.29, 0.717) is 35.3 Å². The predicted molar refractivity (Wildman–Crippen MR) is 91.5 cm³/mol. The second-order valence-electron chi connectivity index (χ2n) is 5.13. The van der Waals surface area contributed by atoms with E-state index in [9.17, 15) is 9.59 Å². The van der Waals surface area contributed by atoms with Crippen LogP contribution in [-0.4, -0.2) is 53.6 Å². The zero-order valence-corrected chi connectivity index (χ0v) is 15.1. The van der Waals surface area contributed by atoms with Crippen LogP contribution in [0.25, 0.3) is 10.2 Å². The number of carbonyl (C=O) groups excluding carboxylic acids is 2. The lowest BCUT2D eigenvalue weighted by Crippen LogP contribution is -2.29. The van der Waals surface area contributed by atoms with Crippen molar-refractivity contribution in [3.63, 3.8) is 0 Å². The Bertz CT molecular complexity index is 744. The molecule has 0 aromatic carbocycles. The molecule has 0 unspecified atom stereocenters. The summed E-state index contributed by atoms with van der Waals surface area (Å²) in [6, 6.07) is 0. The molecular formula is C16H21N3O4S. The highest BCUT2D eigenvalue weighted by atomic mass is 32.1. The molecule has 2 aromatic rings. The van der Waals surface area contributed by atoms with Crippen molar-refractivity contribution in [3.8, 4) is 5.88 Å². The van der Waals surface area contributed by atoms with Crippen molar-refractivity contribution >= 4 is 33.4 Å². The smallest absolute Gasteiger partial charge is 0.307 e. The summed E-state index contributed by atoms with van der Waals surface area (Å²) in [6.07, 6.45) is 1.60. The van der Waals surface area contributed by atoms with E-state index in [1.807, 2.05) is 13.8 Å². The van der Waals surface area contributed by atoms with Gasteiger partial charge in [0, 0.05) is 13.6 Å². The molecule has 7 nitrogen and oxygen atoms in total. The van der Waals surface area contributed by atoms with Gasteiger partial charge in [-0.15, -0.1) is 11.3 Å². The summed E-state index contributed by atoms with van der Waals surface area (Å²) in [7, 11) is 1.67. The number of rotatable bonds is 7. The molecule has 0 spiro atoms.